The van der Waals surface area contributed by atoms with Crippen molar-refractivity contribution in [2.45, 2.75) is 18.9 Å². The highest BCUT2D eigenvalue weighted by atomic mass is 16.5. The van der Waals surface area contributed by atoms with Gasteiger partial charge in [-0.25, -0.2) is 9.97 Å². The van der Waals surface area contributed by atoms with Crippen molar-refractivity contribution in [3.8, 4) is 0 Å². The predicted octanol–water partition coefficient (Wildman–Crippen LogP) is 0.140. The van der Waals surface area contributed by atoms with Crippen LogP contribution in [-0.2, 0) is 9.53 Å². The molecule has 0 aliphatic carbocycles. The van der Waals surface area contributed by atoms with E-state index in [0.717, 1.165) is 45.7 Å². The number of hydrogen-bond acceptors (Lipinski definition) is 6. The zero-order valence-corrected chi connectivity index (χ0v) is 13.6. The second kappa shape index (κ2) is 7.70. The molecule has 0 saturated carbocycles. The molecule has 1 aromatic heterocycles. The Morgan fingerprint density at radius 1 is 1.22 bits per heavy atom. The fourth-order valence-corrected chi connectivity index (χ4v) is 3.43. The summed E-state index contributed by atoms with van der Waals surface area (Å²) in [5.74, 6) is 0.717. The van der Waals surface area contributed by atoms with Gasteiger partial charge in [-0.1, -0.05) is 0 Å². The Bertz CT molecular complexity index is 506. The van der Waals surface area contributed by atoms with Crippen LogP contribution in [0.3, 0.4) is 0 Å². The van der Waals surface area contributed by atoms with Gasteiger partial charge in [-0.2, -0.15) is 0 Å². The first kappa shape index (κ1) is 16.1. The number of aromatic nitrogens is 2. The Morgan fingerprint density at radius 2 is 1.96 bits per heavy atom. The Kier molecular flexibility index (Phi) is 5.40. The molecular weight excluding hydrogens is 294 g/mol. The van der Waals surface area contributed by atoms with Crippen molar-refractivity contribution >= 4 is 11.9 Å². The molecule has 0 bridgehead atoms. The maximum absolute atomic E-state index is 12.3. The van der Waals surface area contributed by atoms with Crippen LogP contribution in [0.25, 0.3) is 0 Å². The van der Waals surface area contributed by atoms with Gasteiger partial charge in [0, 0.05) is 64.9 Å². The molecule has 0 spiro atoms. The van der Waals surface area contributed by atoms with Crippen LogP contribution in [0.5, 0.6) is 0 Å². The van der Waals surface area contributed by atoms with E-state index in [2.05, 4.69) is 25.1 Å². The summed E-state index contributed by atoms with van der Waals surface area (Å²) in [4.78, 5) is 25.6. The van der Waals surface area contributed by atoms with E-state index in [0.29, 0.717) is 18.5 Å². The summed E-state index contributed by atoms with van der Waals surface area (Å²) in [5.41, 5.74) is 0. The van der Waals surface area contributed by atoms with Crippen LogP contribution in [0.1, 0.15) is 12.8 Å². The molecule has 2 aliphatic heterocycles. The van der Waals surface area contributed by atoms with Crippen LogP contribution in [0, 0.1) is 5.92 Å². The molecule has 7 nitrogen and oxygen atoms in total. The molecule has 2 saturated heterocycles. The zero-order chi connectivity index (χ0) is 16.1. The maximum Gasteiger partial charge on any atom is 0.225 e. The van der Waals surface area contributed by atoms with Gasteiger partial charge in [-0.15, -0.1) is 0 Å². The van der Waals surface area contributed by atoms with Crippen molar-refractivity contribution in [1.82, 2.24) is 20.2 Å². The number of nitrogens with one attached hydrogen (secondary N) is 1. The lowest BCUT2D eigenvalue weighted by Gasteiger charge is -2.34. The van der Waals surface area contributed by atoms with Crippen molar-refractivity contribution < 1.29 is 9.53 Å². The van der Waals surface area contributed by atoms with Gasteiger partial charge in [-0.3, -0.25) is 9.69 Å². The van der Waals surface area contributed by atoms with Crippen LogP contribution in [0.15, 0.2) is 18.5 Å². The van der Waals surface area contributed by atoms with E-state index in [4.69, 9.17) is 4.74 Å². The van der Waals surface area contributed by atoms with Gasteiger partial charge in [0.2, 0.25) is 11.9 Å². The van der Waals surface area contributed by atoms with Gasteiger partial charge in [0.1, 0.15) is 0 Å². The highest BCUT2D eigenvalue weighted by Gasteiger charge is 2.32. The first-order valence-electron chi connectivity index (χ1n) is 8.33. The zero-order valence-electron chi connectivity index (χ0n) is 13.6. The molecule has 3 rings (SSSR count). The monoisotopic (exact) mass is 319 g/mol. The first-order valence-corrected chi connectivity index (χ1v) is 8.33. The lowest BCUT2D eigenvalue weighted by molar-refractivity contribution is -0.124. The Labute approximate surface area is 137 Å². The Morgan fingerprint density at radius 3 is 2.65 bits per heavy atom. The minimum Gasteiger partial charge on any atom is -0.381 e. The molecule has 1 unspecified atom stereocenters. The van der Waals surface area contributed by atoms with E-state index < -0.39 is 0 Å². The Hall–Kier alpha value is -1.73. The van der Waals surface area contributed by atoms with Gasteiger partial charge < -0.3 is 15.0 Å². The fourth-order valence-electron chi connectivity index (χ4n) is 3.43. The number of carbonyl (C=O) groups excluding carboxylic acids is 1. The predicted molar refractivity (Wildman–Crippen MR) is 87.2 cm³/mol. The third-order valence-electron chi connectivity index (χ3n) is 4.71. The van der Waals surface area contributed by atoms with Crippen molar-refractivity contribution in [2.24, 2.45) is 5.92 Å². The second-order valence-electron chi connectivity index (χ2n) is 6.14. The molecule has 126 valence electrons. The smallest absolute Gasteiger partial charge is 0.225 e. The summed E-state index contributed by atoms with van der Waals surface area (Å²) in [6, 6.07) is 2.32. The minimum absolute atomic E-state index is 0.0749. The molecule has 0 aromatic carbocycles. The summed E-state index contributed by atoms with van der Waals surface area (Å²) in [5, 5.41) is 2.80. The van der Waals surface area contributed by atoms with Crippen molar-refractivity contribution in [1.29, 1.82) is 0 Å². The van der Waals surface area contributed by atoms with Crippen LogP contribution >= 0.6 is 0 Å². The molecule has 0 radical (unpaired) electrons. The summed E-state index contributed by atoms with van der Waals surface area (Å²) in [6.45, 7) is 4.84. The van der Waals surface area contributed by atoms with Gasteiger partial charge in [0.05, 0.1) is 5.92 Å². The van der Waals surface area contributed by atoms with Crippen molar-refractivity contribution in [3.05, 3.63) is 18.5 Å². The highest BCUT2D eigenvalue weighted by Crippen LogP contribution is 2.21. The summed E-state index contributed by atoms with van der Waals surface area (Å²) in [7, 11) is 1.70. The van der Waals surface area contributed by atoms with Crippen LogP contribution in [0.2, 0.25) is 0 Å². The number of nitrogens with zero attached hydrogens (tertiary/aromatic N) is 4. The quantitative estimate of drug-likeness (QED) is 0.855. The molecule has 2 aliphatic rings. The largest absolute Gasteiger partial charge is 0.381 e. The molecule has 2 fully saturated rings. The lowest BCUT2D eigenvalue weighted by Crippen LogP contribution is -2.45. The summed E-state index contributed by atoms with van der Waals surface area (Å²) >= 11 is 0. The Balaban J connectivity index is 1.75. The van der Waals surface area contributed by atoms with Gasteiger partial charge in [-0.05, 0) is 18.9 Å². The summed E-state index contributed by atoms with van der Waals surface area (Å²) in [6.07, 6.45) is 5.58. The number of amides is 1. The van der Waals surface area contributed by atoms with Crippen LogP contribution in [-0.4, -0.2) is 73.3 Å². The van der Waals surface area contributed by atoms with E-state index >= 15 is 0 Å². The van der Waals surface area contributed by atoms with Gasteiger partial charge in [0.25, 0.3) is 0 Å². The molecular formula is C16H25N5O2. The van der Waals surface area contributed by atoms with E-state index in [1.807, 2.05) is 6.07 Å². The number of rotatable bonds is 3. The first-order chi connectivity index (χ1) is 11.3. The average Bonchev–Trinajstić information content (AvgIpc) is 2.86. The van der Waals surface area contributed by atoms with Crippen molar-refractivity contribution in [2.75, 3.05) is 51.3 Å². The molecule has 3 heterocycles. The second-order valence-corrected chi connectivity index (χ2v) is 6.14. The highest BCUT2D eigenvalue weighted by molar-refractivity contribution is 5.79. The lowest BCUT2D eigenvalue weighted by atomic mass is 10.0. The fraction of sp³-hybridized carbons (Fsp3) is 0.688. The number of hydrogen-bond donors (Lipinski definition) is 1. The van der Waals surface area contributed by atoms with E-state index in [1.165, 1.54) is 0 Å². The molecule has 7 heteroatoms. The topological polar surface area (TPSA) is 70.6 Å². The molecule has 1 aromatic rings. The van der Waals surface area contributed by atoms with Gasteiger partial charge >= 0.3 is 0 Å². The van der Waals surface area contributed by atoms with Gasteiger partial charge in [0.15, 0.2) is 0 Å². The maximum atomic E-state index is 12.3. The molecule has 1 atom stereocenters. The number of ether oxygens (including phenoxy) is 1. The summed E-state index contributed by atoms with van der Waals surface area (Å²) < 4.78 is 5.47. The van der Waals surface area contributed by atoms with E-state index in [9.17, 15) is 4.79 Å². The normalized spacial score (nSPS) is 24.2. The number of carbonyl (C=O) groups is 1. The standard InChI is InChI=1S/C16H25N5O2/c1-17-15(22)13-11-20(14-3-9-23-10-4-14)7-8-21(12-13)16-18-5-2-6-19-16/h2,5-6,13-14H,3-4,7-12H2,1H3,(H,17,22). The minimum atomic E-state index is -0.0749. The molecule has 23 heavy (non-hydrogen) atoms. The number of anilines is 1. The van der Waals surface area contributed by atoms with Crippen LogP contribution < -0.4 is 10.2 Å². The van der Waals surface area contributed by atoms with E-state index in [1.54, 1.807) is 19.4 Å². The van der Waals surface area contributed by atoms with Crippen LogP contribution in [0.4, 0.5) is 5.95 Å². The molecule has 1 N–H and O–H groups in total. The SMILES string of the molecule is CNC(=O)C1CN(c2ncccn2)CCN(C2CCOCC2)C1. The van der Waals surface area contributed by atoms with Crippen molar-refractivity contribution in [3.63, 3.8) is 0 Å². The third-order valence-corrected chi connectivity index (χ3v) is 4.71. The average molecular weight is 319 g/mol. The van der Waals surface area contributed by atoms with E-state index in [-0.39, 0.29) is 11.8 Å². The molecule has 1 amide bonds. The third kappa shape index (κ3) is 3.97.